The second kappa shape index (κ2) is 6.34. The summed E-state index contributed by atoms with van der Waals surface area (Å²) in [4.78, 5) is 17.2. The molecule has 0 saturated carbocycles. The van der Waals surface area contributed by atoms with Crippen molar-refractivity contribution in [2.24, 2.45) is 0 Å². The van der Waals surface area contributed by atoms with Crippen LogP contribution in [0.5, 0.6) is 0 Å². The van der Waals surface area contributed by atoms with Gasteiger partial charge in [0.05, 0.1) is 6.04 Å². The highest BCUT2D eigenvalue weighted by Crippen LogP contribution is 2.38. The van der Waals surface area contributed by atoms with Crippen molar-refractivity contribution in [3.63, 3.8) is 0 Å². The summed E-state index contributed by atoms with van der Waals surface area (Å²) in [6.45, 7) is 5.13. The molecule has 0 spiro atoms. The Morgan fingerprint density at radius 3 is 2.64 bits per heavy atom. The van der Waals surface area contributed by atoms with Crippen LogP contribution in [0, 0.1) is 0 Å². The summed E-state index contributed by atoms with van der Waals surface area (Å²) >= 11 is 3.57. The first kappa shape index (κ1) is 16.4. The molecule has 1 aliphatic rings. The Balaban J connectivity index is 1.86. The van der Waals surface area contributed by atoms with Crippen molar-refractivity contribution in [2.45, 2.75) is 32.2 Å². The summed E-state index contributed by atoms with van der Waals surface area (Å²) in [5.41, 5.74) is 6.07. The van der Waals surface area contributed by atoms with Crippen molar-refractivity contribution in [3.05, 3.63) is 69.3 Å². The van der Waals surface area contributed by atoms with Gasteiger partial charge < -0.3 is 9.88 Å². The van der Waals surface area contributed by atoms with E-state index < -0.39 is 0 Å². The quantitative estimate of drug-likeness (QED) is 0.609. The van der Waals surface area contributed by atoms with E-state index in [4.69, 9.17) is 0 Å². The van der Waals surface area contributed by atoms with E-state index in [0.717, 1.165) is 40.6 Å². The van der Waals surface area contributed by atoms with Crippen LogP contribution in [-0.2, 0) is 11.2 Å². The van der Waals surface area contributed by atoms with E-state index in [9.17, 15) is 4.79 Å². The van der Waals surface area contributed by atoms with Crippen molar-refractivity contribution in [1.82, 2.24) is 9.88 Å². The molecule has 0 bridgehead atoms. The van der Waals surface area contributed by atoms with Crippen LogP contribution in [0.25, 0.3) is 10.9 Å². The number of aromatic nitrogens is 1. The maximum absolute atomic E-state index is 11.7. The Morgan fingerprint density at radius 2 is 1.96 bits per heavy atom. The lowest BCUT2D eigenvalue weighted by Crippen LogP contribution is -2.35. The zero-order chi connectivity index (χ0) is 17.6. The third-order valence-corrected chi connectivity index (χ3v) is 5.67. The Morgan fingerprint density at radius 1 is 1.20 bits per heavy atom. The number of benzene rings is 2. The molecule has 1 atom stereocenters. The number of rotatable bonds is 3. The second-order valence-electron chi connectivity index (χ2n) is 7.02. The molecule has 1 N–H and O–H groups in total. The van der Waals surface area contributed by atoms with E-state index >= 15 is 0 Å². The standard InChI is InChI=1S/C21H21BrN2O/c1-13(2)14-3-5-15(6-4-14)21-20-17(9-10-24(21)12-25)18-11-16(22)7-8-19(18)23-20/h3-8,11-13,21,23H,9-10H2,1-2H3. The molecule has 1 unspecified atom stereocenters. The van der Waals surface area contributed by atoms with Gasteiger partial charge in [0.15, 0.2) is 0 Å². The summed E-state index contributed by atoms with van der Waals surface area (Å²) in [6, 6.07) is 14.9. The first-order chi connectivity index (χ1) is 12.1. The van der Waals surface area contributed by atoms with Gasteiger partial charge >= 0.3 is 0 Å². The monoisotopic (exact) mass is 396 g/mol. The summed E-state index contributed by atoms with van der Waals surface area (Å²) < 4.78 is 1.08. The fourth-order valence-corrected chi connectivity index (χ4v) is 4.18. The van der Waals surface area contributed by atoms with Crippen molar-refractivity contribution in [2.75, 3.05) is 6.54 Å². The lowest BCUT2D eigenvalue weighted by atomic mass is 9.91. The van der Waals surface area contributed by atoms with Gasteiger partial charge in [-0.15, -0.1) is 0 Å². The average molecular weight is 397 g/mol. The number of H-pyrrole nitrogens is 1. The third kappa shape index (κ3) is 2.78. The Labute approximate surface area is 156 Å². The number of hydrogen-bond donors (Lipinski definition) is 1. The lowest BCUT2D eigenvalue weighted by molar-refractivity contribution is -0.120. The number of amides is 1. The molecule has 1 aromatic heterocycles. The lowest BCUT2D eigenvalue weighted by Gasteiger charge is -2.33. The van der Waals surface area contributed by atoms with Gasteiger partial charge in [0.2, 0.25) is 6.41 Å². The molecule has 0 radical (unpaired) electrons. The molecule has 1 amide bonds. The van der Waals surface area contributed by atoms with Crippen LogP contribution in [0.3, 0.4) is 0 Å². The van der Waals surface area contributed by atoms with Crippen molar-refractivity contribution in [3.8, 4) is 0 Å². The van der Waals surface area contributed by atoms with E-state index in [-0.39, 0.29) is 6.04 Å². The highest BCUT2D eigenvalue weighted by Gasteiger charge is 2.30. The number of nitrogens with one attached hydrogen (secondary N) is 1. The van der Waals surface area contributed by atoms with Gasteiger partial charge in [-0.1, -0.05) is 54.0 Å². The number of carbonyl (C=O) groups excluding carboxylic acids is 1. The summed E-state index contributed by atoms with van der Waals surface area (Å²) in [5.74, 6) is 0.503. The van der Waals surface area contributed by atoms with Crippen molar-refractivity contribution >= 4 is 33.2 Å². The SMILES string of the molecule is CC(C)c1ccc(C2c3[nH]c4ccc(Br)cc4c3CCN2C=O)cc1. The van der Waals surface area contributed by atoms with Crippen LogP contribution in [0.15, 0.2) is 46.9 Å². The molecular formula is C21H21BrN2O. The molecule has 2 heterocycles. The zero-order valence-electron chi connectivity index (χ0n) is 14.4. The number of aromatic amines is 1. The maximum atomic E-state index is 11.7. The highest BCUT2D eigenvalue weighted by atomic mass is 79.9. The van der Waals surface area contributed by atoms with Gasteiger partial charge in [-0.25, -0.2) is 0 Å². The molecule has 128 valence electrons. The van der Waals surface area contributed by atoms with Crippen LogP contribution in [0.1, 0.15) is 48.2 Å². The van der Waals surface area contributed by atoms with Gasteiger partial charge in [-0.3, -0.25) is 4.79 Å². The fraction of sp³-hybridized carbons (Fsp3) is 0.286. The van der Waals surface area contributed by atoms with Gasteiger partial charge in [0.1, 0.15) is 0 Å². The van der Waals surface area contributed by atoms with Gasteiger partial charge in [-0.2, -0.15) is 0 Å². The summed E-state index contributed by atoms with van der Waals surface area (Å²) in [6.07, 6.45) is 1.86. The number of carbonyl (C=O) groups is 1. The predicted molar refractivity (Wildman–Crippen MR) is 105 cm³/mol. The number of nitrogens with zero attached hydrogens (tertiary/aromatic N) is 1. The van der Waals surface area contributed by atoms with E-state index in [2.05, 4.69) is 71.2 Å². The summed E-state index contributed by atoms with van der Waals surface area (Å²) in [5, 5.41) is 1.25. The van der Waals surface area contributed by atoms with E-state index in [1.54, 1.807) is 0 Å². The van der Waals surface area contributed by atoms with Crippen LogP contribution < -0.4 is 0 Å². The number of halogens is 1. The van der Waals surface area contributed by atoms with Crippen LogP contribution >= 0.6 is 15.9 Å². The Bertz CT molecular complexity index is 927. The van der Waals surface area contributed by atoms with E-state index in [1.807, 2.05) is 11.0 Å². The number of fused-ring (bicyclic) bond motifs is 3. The Kier molecular flexibility index (Phi) is 4.16. The minimum atomic E-state index is -0.0476. The average Bonchev–Trinajstić information content (AvgIpc) is 2.98. The highest BCUT2D eigenvalue weighted by molar-refractivity contribution is 9.10. The topological polar surface area (TPSA) is 36.1 Å². The minimum Gasteiger partial charge on any atom is -0.356 e. The first-order valence-corrected chi connectivity index (χ1v) is 9.48. The van der Waals surface area contributed by atoms with Crippen LogP contribution in [-0.4, -0.2) is 22.8 Å². The normalized spacial score (nSPS) is 17.1. The molecule has 0 fully saturated rings. The predicted octanol–water partition coefficient (Wildman–Crippen LogP) is 5.16. The minimum absolute atomic E-state index is 0.0476. The molecule has 0 saturated heterocycles. The van der Waals surface area contributed by atoms with Gasteiger partial charge in [-0.05, 0) is 47.2 Å². The largest absolute Gasteiger partial charge is 0.356 e. The number of hydrogen-bond acceptors (Lipinski definition) is 1. The third-order valence-electron chi connectivity index (χ3n) is 5.18. The fourth-order valence-electron chi connectivity index (χ4n) is 3.81. The molecule has 0 aliphatic carbocycles. The van der Waals surface area contributed by atoms with Crippen molar-refractivity contribution in [1.29, 1.82) is 0 Å². The van der Waals surface area contributed by atoms with E-state index in [0.29, 0.717) is 5.92 Å². The molecular weight excluding hydrogens is 376 g/mol. The molecule has 3 nitrogen and oxygen atoms in total. The molecule has 1 aliphatic heterocycles. The molecule has 4 heteroatoms. The van der Waals surface area contributed by atoms with Crippen LogP contribution in [0.2, 0.25) is 0 Å². The van der Waals surface area contributed by atoms with Gasteiger partial charge in [0, 0.05) is 27.6 Å². The smallest absolute Gasteiger partial charge is 0.210 e. The van der Waals surface area contributed by atoms with Crippen molar-refractivity contribution < 1.29 is 4.79 Å². The second-order valence-corrected chi connectivity index (χ2v) is 7.94. The Hall–Kier alpha value is -2.07. The van der Waals surface area contributed by atoms with E-state index in [1.165, 1.54) is 16.5 Å². The molecule has 25 heavy (non-hydrogen) atoms. The van der Waals surface area contributed by atoms with Crippen LogP contribution in [0.4, 0.5) is 0 Å². The molecule has 4 rings (SSSR count). The summed E-state index contributed by atoms with van der Waals surface area (Å²) in [7, 11) is 0. The van der Waals surface area contributed by atoms with Gasteiger partial charge in [0.25, 0.3) is 0 Å². The zero-order valence-corrected chi connectivity index (χ0v) is 16.0. The molecule has 3 aromatic rings. The first-order valence-electron chi connectivity index (χ1n) is 8.69. The molecule has 2 aromatic carbocycles. The maximum Gasteiger partial charge on any atom is 0.210 e.